The summed E-state index contributed by atoms with van der Waals surface area (Å²) in [6.07, 6.45) is 2.49. The molecule has 0 atom stereocenters. The van der Waals surface area contributed by atoms with E-state index in [1.54, 1.807) is 6.92 Å². The maximum Gasteiger partial charge on any atom is 0.306 e. The molecule has 0 aliphatic carbocycles. The minimum absolute atomic E-state index is 0.175. The van der Waals surface area contributed by atoms with Gasteiger partial charge in [0.25, 0.3) is 0 Å². The summed E-state index contributed by atoms with van der Waals surface area (Å²) in [4.78, 5) is 22.8. The second kappa shape index (κ2) is 7.64. The molecule has 0 spiro atoms. The first-order chi connectivity index (χ1) is 8.67. The Morgan fingerprint density at radius 2 is 1.72 bits per heavy atom. The second-order valence-corrected chi connectivity index (χ2v) is 4.18. The van der Waals surface area contributed by atoms with Gasteiger partial charge in [-0.3, -0.25) is 9.59 Å². The highest BCUT2D eigenvalue weighted by Gasteiger charge is 2.05. The van der Waals surface area contributed by atoms with Crippen LogP contribution >= 0.6 is 0 Å². The SMILES string of the molecule is CCCC(=O)c1ccc(CCC(=O)OCC)cc1. The number of rotatable bonds is 7. The van der Waals surface area contributed by atoms with Gasteiger partial charge in [0, 0.05) is 18.4 Å². The van der Waals surface area contributed by atoms with Gasteiger partial charge in [0.15, 0.2) is 5.78 Å². The average Bonchev–Trinajstić information content (AvgIpc) is 2.37. The summed E-state index contributed by atoms with van der Waals surface area (Å²) < 4.78 is 4.86. The van der Waals surface area contributed by atoms with Crippen molar-refractivity contribution < 1.29 is 14.3 Å². The van der Waals surface area contributed by atoms with Crippen molar-refractivity contribution in [2.24, 2.45) is 0 Å². The Bertz CT molecular complexity index is 393. The minimum Gasteiger partial charge on any atom is -0.466 e. The Balaban J connectivity index is 2.50. The molecule has 3 nitrogen and oxygen atoms in total. The van der Waals surface area contributed by atoms with E-state index in [-0.39, 0.29) is 11.8 Å². The number of hydrogen-bond acceptors (Lipinski definition) is 3. The monoisotopic (exact) mass is 248 g/mol. The van der Waals surface area contributed by atoms with E-state index in [0.717, 1.165) is 17.5 Å². The van der Waals surface area contributed by atoms with Gasteiger partial charge in [0.2, 0.25) is 0 Å². The van der Waals surface area contributed by atoms with Gasteiger partial charge in [0.05, 0.1) is 6.61 Å². The van der Waals surface area contributed by atoms with Crippen molar-refractivity contribution in [1.82, 2.24) is 0 Å². The topological polar surface area (TPSA) is 43.4 Å². The van der Waals surface area contributed by atoms with Gasteiger partial charge in [-0.1, -0.05) is 31.2 Å². The van der Waals surface area contributed by atoms with E-state index >= 15 is 0 Å². The summed E-state index contributed by atoms with van der Waals surface area (Å²) in [6, 6.07) is 7.47. The lowest BCUT2D eigenvalue weighted by molar-refractivity contribution is -0.143. The lowest BCUT2D eigenvalue weighted by Crippen LogP contribution is -2.05. The van der Waals surface area contributed by atoms with Gasteiger partial charge in [-0.2, -0.15) is 0 Å². The molecule has 0 radical (unpaired) electrons. The summed E-state index contributed by atoms with van der Waals surface area (Å²) >= 11 is 0. The van der Waals surface area contributed by atoms with Crippen LogP contribution < -0.4 is 0 Å². The molecule has 1 rings (SSSR count). The van der Waals surface area contributed by atoms with Gasteiger partial charge < -0.3 is 4.74 Å². The normalized spacial score (nSPS) is 10.1. The maximum absolute atomic E-state index is 11.6. The lowest BCUT2D eigenvalue weighted by atomic mass is 10.0. The number of aryl methyl sites for hydroxylation is 1. The zero-order chi connectivity index (χ0) is 13.4. The summed E-state index contributed by atoms with van der Waals surface area (Å²) in [6.45, 7) is 4.21. The van der Waals surface area contributed by atoms with Crippen LogP contribution in [0.5, 0.6) is 0 Å². The van der Waals surface area contributed by atoms with E-state index in [1.165, 1.54) is 0 Å². The third-order valence-corrected chi connectivity index (χ3v) is 2.68. The van der Waals surface area contributed by atoms with Gasteiger partial charge in [-0.25, -0.2) is 0 Å². The highest BCUT2D eigenvalue weighted by molar-refractivity contribution is 5.96. The van der Waals surface area contributed by atoms with Crippen LogP contribution in [0.3, 0.4) is 0 Å². The summed E-state index contributed by atoms with van der Waals surface area (Å²) in [7, 11) is 0. The molecule has 0 saturated heterocycles. The van der Waals surface area contributed by atoms with Crippen molar-refractivity contribution in [3.8, 4) is 0 Å². The van der Waals surface area contributed by atoms with Crippen molar-refractivity contribution in [2.45, 2.75) is 39.5 Å². The summed E-state index contributed by atoms with van der Waals surface area (Å²) in [5.41, 5.74) is 1.80. The van der Waals surface area contributed by atoms with Gasteiger partial charge in [-0.05, 0) is 25.3 Å². The lowest BCUT2D eigenvalue weighted by Gasteiger charge is -2.04. The number of benzene rings is 1. The van der Waals surface area contributed by atoms with E-state index in [4.69, 9.17) is 4.74 Å². The molecule has 0 bridgehead atoms. The van der Waals surface area contributed by atoms with E-state index in [0.29, 0.717) is 25.9 Å². The van der Waals surface area contributed by atoms with Crippen molar-refractivity contribution >= 4 is 11.8 Å². The molecule has 98 valence electrons. The Morgan fingerprint density at radius 1 is 1.06 bits per heavy atom. The van der Waals surface area contributed by atoms with Crippen LogP contribution in [0.4, 0.5) is 0 Å². The molecule has 0 amide bonds. The number of carbonyl (C=O) groups is 2. The quantitative estimate of drug-likeness (QED) is 0.550. The van der Waals surface area contributed by atoms with Gasteiger partial charge in [-0.15, -0.1) is 0 Å². The van der Waals surface area contributed by atoms with Crippen molar-refractivity contribution in [3.63, 3.8) is 0 Å². The molecule has 0 N–H and O–H groups in total. The van der Waals surface area contributed by atoms with Crippen LogP contribution in [0.15, 0.2) is 24.3 Å². The van der Waals surface area contributed by atoms with Crippen LogP contribution in [0.25, 0.3) is 0 Å². The number of ether oxygens (including phenoxy) is 1. The Morgan fingerprint density at radius 3 is 2.28 bits per heavy atom. The van der Waals surface area contributed by atoms with Crippen LogP contribution in [-0.4, -0.2) is 18.4 Å². The van der Waals surface area contributed by atoms with Crippen LogP contribution in [0, 0.1) is 0 Å². The van der Waals surface area contributed by atoms with Crippen LogP contribution in [0.2, 0.25) is 0 Å². The number of hydrogen-bond donors (Lipinski definition) is 0. The zero-order valence-corrected chi connectivity index (χ0v) is 11.1. The molecule has 1 aromatic carbocycles. The number of Topliss-reactive ketones (excluding diaryl/α,β-unsaturated/α-hetero) is 1. The fraction of sp³-hybridized carbons (Fsp3) is 0.467. The van der Waals surface area contributed by atoms with Crippen molar-refractivity contribution in [1.29, 1.82) is 0 Å². The van der Waals surface area contributed by atoms with E-state index in [1.807, 2.05) is 31.2 Å². The molecular weight excluding hydrogens is 228 g/mol. The summed E-state index contributed by atoms with van der Waals surface area (Å²) in [5, 5.41) is 0. The highest BCUT2D eigenvalue weighted by Crippen LogP contribution is 2.10. The molecule has 0 aliphatic rings. The van der Waals surface area contributed by atoms with E-state index in [2.05, 4.69) is 0 Å². The largest absolute Gasteiger partial charge is 0.466 e. The molecule has 0 fully saturated rings. The standard InChI is InChI=1S/C15H20O3/c1-3-5-14(16)13-9-6-12(7-10-13)8-11-15(17)18-4-2/h6-7,9-10H,3-5,8,11H2,1-2H3. The number of carbonyl (C=O) groups excluding carboxylic acids is 2. The second-order valence-electron chi connectivity index (χ2n) is 4.18. The highest BCUT2D eigenvalue weighted by atomic mass is 16.5. The van der Waals surface area contributed by atoms with Crippen molar-refractivity contribution in [3.05, 3.63) is 35.4 Å². The third kappa shape index (κ3) is 4.70. The Hall–Kier alpha value is -1.64. The third-order valence-electron chi connectivity index (χ3n) is 2.68. The first-order valence-electron chi connectivity index (χ1n) is 6.45. The fourth-order valence-corrected chi connectivity index (χ4v) is 1.71. The molecule has 0 aliphatic heterocycles. The zero-order valence-electron chi connectivity index (χ0n) is 11.1. The molecule has 1 aromatic rings. The molecular formula is C15H20O3. The smallest absolute Gasteiger partial charge is 0.306 e. The van der Waals surface area contributed by atoms with Crippen molar-refractivity contribution in [2.75, 3.05) is 6.61 Å². The first kappa shape index (κ1) is 14.4. The molecule has 3 heteroatoms. The molecule has 0 unspecified atom stereocenters. The van der Waals surface area contributed by atoms with Gasteiger partial charge >= 0.3 is 5.97 Å². The summed E-state index contributed by atoms with van der Waals surface area (Å²) in [5.74, 6) is -0.00178. The predicted molar refractivity (Wildman–Crippen MR) is 70.6 cm³/mol. The Labute approximate surface area is 108 Å². The number of ketones is 1. The van der Waals surface area contributed by atoms with E-state index in [9.17, 15) is 9.59 Å². The predicted octanol–water partition coefficient (Wildman–Crippen LogP) is 3.17. The molecule has 0 heterocycles. The minimum atomic E-state index is -0.177. The first-order valence-corrected chi connectivity index (χ1v) is 6.45. The van der Waals surface area contributed by atoms with E-state index < -0.39 is 0 Å². The molecule has 0 saturated carbocycles. The van der Waals surface area contributed by atoms with Crippen LogP contribution in [-0.2, 0) is 16.0 Å². The number of esters is 1. The van der Waals surface area contributed by atoms with Crippen LogP contribution in [0.1, 0.15) is 49.0 Å². The maximum atomic E-state index is 11.6. The Kier molecular flexibility index (Phi) is 6.12. The average molecular weight is 248 g/mol. The van der Waals surface area contributed by atoms with Gasteiger partial charge in [0.1, 0.15) is 0 Å². The molecule has 18 heavy (non-hydrogen) atoms. The fourth-order valence-electron chi connectivity index (χ4n) is 1.71. The molecule has 0 aromatic heterocycles.